The van der Waals surface area contributed by atoms with E-state index in [-0.39, 0.29) is 36.3 Å². The minimum atomic E-state index is -0.703. The molecule has 1 aliphatic heterocycles. The largest absolute Gasteiger partial charge is 0.493 e. The van der Waals surface area contributed by atoms with Crippen LogP contribution in [0.1, 0.15) is 64.3 Å². The maximum Gasteiger partial charge on any atom is 0.342 e. The van der Waals surface area contributed by atoms with Crippen molar-refractivity contribution in [2.24, 2.45) is 5.41 Å². The van der Waals surface area contributed by atoms with Gasteiger partial charge in [-0.05, 0) is 36.8 Å². The van der Waals surface area contributed by atoms with Gasteiger partial charge in [0.25, 0.3) is 11.8 Å². The molecule has 0 saturated heterocycles. The topological polar surface area (TPSA) is 90.0 Å². The van der Waals surface area contributed by atoms with Gasteiger partial charge in [0.2, 0.25) is 0 Å². The average molecular weight is 423 g/mol. The van der Waals surface area contributed by atoms with Gasteiger partial charge in [0, 0.05) is 5.41 Å². The monoisotopic (exact) mass is 423 g/mol. The lowest BCUT2D eigenvalue weighted by atomic mass is 9.91. The number of esters is 1. The number of ether oxygens (including phenoxy) is 2. The number of Topliss-reactive ketones (excluding diaryl/α,β-unsaturated/α-hetero) is 1. The van der Waals surface area contributed by atoms with Crippen molar-refractivity contribution in [2.75, 3.05) is 13.2 Å². The summed E-state index contributed by atoms with van der Waals surface area (Å²) in [4.78, 5) is 51.1. The molecule has 1 heterocycles. The first-order chi connectivity index (χ1) is 14.6. The maximum absolute atomic E-state index is 12.7. The zero-order valence-corrected chi connectivity index (χ0v) is 18.1. The molecule has 2 aromatic rings. The summed E-state index contributed by atoms with van der Waals surface area (Å²) in [7, 11) is 0. The number of fused-ring (bicyclic) bond motifs is 1. The van der Waals surface area contributed by atoms with E-state index in [4.69, 9.17) is 9.47 Å². The molecule has 31 heavy (non-hydrogen) atoms. The molecule has 0 spiro atoms. The van der Waals surface area contributed by atoms with Crippen LogP contribution in [0, 0.1) is 5.41 Å². The van der Waals surface area contributed by atoms with Gasteiger partial charge in [0.15, 0.2) is 12.4 Å². The Bertz CT molecular complexity index is 1020. The predicted octanol–water partition coefficient (Wildman–Crippen LogP) is 3.65. The number of hydrogen-bond donors (Lipinski definition) is 0. The highest BCUT2D eigenvalue weighted by atomic mass is 16.5. The van der Waals surface area contributed by atoms with Crippen molar-refractivity contribution in [2.45, 2.75) is 34.2 Å². The Morgan fingerprint density at radius 2 is 1.58 bits per heavy atom. The molecule has 0 bridgehead atoms. The number of amides is 2. The second-order valence-corrected chi connectivity index (χ2v) is 8.25. The van der Waals surface area contributed by atoms with E-state index in [9.17, 15) is 19.2 Å². The standard InChI is InChI=1S/C24H25NO6/c1-5-30-19-11-10-15(12-18(19)23(29)31-14-20(26)24(2,3)4)13-25-21(27)16-8-6-7-9-17(16)22(25)28/h6-12H,5,13-14H2,1-4H3. The zero-order chi connectivity index (χ0) is 22.8. The van der Waals surface area contributed by atoms with Crippen LogP contribution in [0.2, 0.25) is 0 Å². The normalized spacial score (nSPS) is 13.2. The highest BCUT2D eigenvalue weighted by Crippen LogP contribution is 2.27. The summed E-state index contributed by atoms with van der Waals surface area (Å²) in [6.45, 7) is 7.01. The second kappa shape index (κ2) is 8.71. The summed E-state index contributed by atoms with van der Waals surface area (Å²) >= 11 is 0. The third-order valence-electron chi connectivity index (χ3n) is 4.95. The van der Waals surface area contributed by atoms with Gasteiger partial charge in [-0.3, -0.25) is 19.3 Å². The molecule has 0 radical (unpaired) electrons. The van der Waals surface area contributed by atoms with Crippen molar-refractivity contribution in [1.82, 2.24) is 4.90 Å². The van der Waals surface area contributed by atoms with E-state index in [2.05, 4.69) is 0 Å². The molecule has 0 aromatic heterocycles. The van der Waals surface area contributed by atoms with E-state index < -0.39 is 11.4 Å². The van der Waals surface area contributed by atoms with Crippen LogP contribution in [0.3, 0.4) is 0 Å². The molecule has 7 heteroatoms. The van der Waals surface area contributed by atoms with Crippen molar-refractivity contribution in [3.05, 3.63) is 64.7 Å². The second-order valence-electron chi connectivity index (χ2n) is 8.25. The number of carbonyl (C=O) groups excluding carboxylic acids is 4. The number of rotatable bonds is 7. The van der Waals surface area contributed by atoms with Gasteiger partial charge in [-0.1, -0.05) is 39.0 Å². The molecule has 0 saturated carbocycles. The number of benzene rings is 2. The van der Waals surface area contributed by atoms with Crippen LogP contribution in [-0.2, 0) is 16.1 Å². The summed E-state index contributed by atoms with van der Waals surface area (Å²) in [6, 6.07) is 11.4. The number of ketones is 1. The third-order valence-corrected chi connectivity index (χ3v) is 4.95. The lowest BCUT2D eigenvalue weighted by Crippen LogP contribution is -2.29. The Morgan fingerprint density at radius 3 is 2.13 bits per heavy atom. The van der Waals surface area contributed by atoms with Gasteiger partial charge < -0.3 is 9.47 Å². The van der Waals surface area contributed by atoms with Crippen LogP contribution in [0.4, 0.5) is 0 Å². The van der Waals surface area contributed by atoms with Crippen LogP contribution in [0.25, 0.3) is 0 Å². The first-order valence-electron chi connectivity index (χ1n) is 10.0. The Balaban J connectivity index is 1.82. The summed E-state index contributed by atoms with van der Waals surface area (Å²) in [5, 5.41) is 0. The van der Waals surface area contributed by atoms with Gasteiger partial charge in [-0.2, -0.15) is 0 Å². The summed E-state index contributed by atoms with van der Waals surface area (Å²) in [6.07, 6.45) is 0. The first kappa shape index (κ1) is 22.2. The molecule has 0 atom stereocenters. The fourth-order valence-corrected chi connectivity index (χ4v) is 3.11. The molecule has 0 unspecified atom stereocenters. The van der Waals surface area contributed by atoms with Gasteiger partial charge in [0.05, 0.1) is 24.3 Å². The molecule has 2 amide bonds. The third kappa shape index (κ3) is 4.66. The predicted molar refractivity (Wildman–Crippen MR) is 113 cm³/mol. The van der Waals surface area contributed by atoms with Crippen molar-refractivity contribution in [3.63, 3.8) is 0 Å². The smallest absolute Gasteiger partial charge is 0.342 e. The zero-order valence-electron chi connectivity index (χ0n) is 18.1. The van der Waals surface area contributed by atoms with E-state index >= 15 is 0 Å². The van der Waals surface area contributed by atoms with Crippen LogP contribution in [-0.4, -0.2) is 41.7 Å². The van der Waals surface area contributed by atoms with E-state index in [0.717, 1.165) is 4.90 Å². The Labute approximate surface area is 180 Å². The van der Waals surface area contributed by atoms with Crippen molar-refractivity contribution < 1.29 is 28.7 Å². The van der Waals surface area contributed by atoms with Crippen molar-refractivity contribution in [1.29, 1.82) is 0 Å². The fourth-order valence-electron chi connectivity index (χ4n) is 3.11. The van der Waals surface area contributed by atoms with Gasteiger partial charge in [-0.25, -0.2) is 4.79 Å². The van der Waals surface area contributed by atoms with E-state index in [0.29, 0.717) is 29.0 Å². The Morgan fingerprint density at radius 1 is 0.968 bits per heavy atom. The van der Waals surface area contributed by atoms with Crippen molar-refractivity contribution in [3.8, 4) is 5.75 Å². The molecular formula is C24H25NO6. The number of nitrogens with zero attached hydrogens (tertiary/aromatic N) is 1. The van der Waals surface area contributed by atoms with E-state index in [1.807, 2.05) is 0 Å². The van der Waals surface area contributed by atoms with Crippen LogP contribution < -0.4 is 4.74 Å². The Hall–Kier alpha value is -3.48. The maximum atomic E-state index is 12.7. The molecule has 0 fully saturated rings. The summed E-state index contributed by atoms with van der Waals surface area (Å²) < 4.78 is 10.7. The number of carbonyl (C=O) groups is 4. The summed E-state index contributed by atoms with van der Waals surface area (Å²) in [5.74, 6) is -1.36. The molecular weight excluding hydrogens is 398 g/mol. The van der Waals surface area contributed by atoms with Crippen LogP contribution in [0.5, 0.6) is 5.75 Å². The van der Waals surface area contributed by atoms with E-state index in [1.54, 1.807) is 64.1 Å². The van der Waals surface area contributed by atoms with Gasteiger partial charge >= 0.3 is 5.97 Å². The molecule has 0 N–H and O–H groups in total. The quantitative estimate of drug-likeness (QED) is 0.499. The molecule has 7 nitrogen and oxygen atoms in total. The molecule has 0 aliphatic carbocycles. The highest BCUT2D eigenvalue weighted by molar-refractivity contribution is 6.21. The number of hydrogen-bond acceptors (Lipinski definition) is 6. The highest BCUT2D eigenvalue weighted by Gasteiger charge is 2.35. The minimum absolute atomic E-state index is 0.0000463. The SMILES string of the molecule is CCOc1ccc(CN2C(=O)c3ccccc3C2=O)cc1C(=O)OCC(=O)C(C)(C)C. The lowest BCUT2D eigenvalue weighted by Gasteiger charge is -2.18. The molecule has 2 aromatic carbocycles. The van der Waals surface area contributed by atoms with Crippen molar-refractivity contribution >= 4 is 23.6 Å². The first-order valence-corrected chi connectivity index (χ1v) is 10.0. The molecule has 3 rings (SSSR count). The van der Waals surface area contributed by atoms with E-state index in [1.165, 1.54) is 6.07 Å². The fraction of sp³-hybridized carbons (Fsp3) is 0.333. The minimum Gasteiger partial charge on any atom is -0.493 e. The van der Waals surface area contributed by atoms with Gasteiger partial charge in [-0.15, -0.1) is 0 Å². The van der Waals surface area contributed by atoms with Crippen LogP contribution in [0.15, 0.2) is 42.5 Å². The number of imide groups is 1. The van der Waals surface area contributed by atoms with Gasteiger partial charge in [0.1, 0.15) is 11.3 Å². The average Bonchev–Trinajstić information content (AvgIpc) is 2.97. The molecule has 1 aliphatic rings. The summed E-state index contributed by atoms with van der Waals surface area (Å²) in [5.41, 5.74) is 0.790. The van der Waals surface area contributed by atoms with Crippen LogP contribution >= 0.6 is 0 Å². The Kier molecular flexibility index (Phi) is 6.24. The molecule has 162 valence electrons. The lowest BCUT2D eigenvalue weighted by molar-refractivity contribution is -0.129.